The number of carbonyl (C=O) groups excluding carboxylic acids is 1. The van der Waals surface area contributed by atoms with Crippen molar-refractivity contribution in [3.63, 3.8) is 0 Å². The molecule has 0 aliphatic rings. The monoisotopic (exact) mass is 178 g/mol. The van der Waals surface area contributed by atoms with E-state index in [0.29, 0.717) is 0 Å². The van der Waals surface area contributed by atoms with Gasteiger partial charge in [-0.3, -0.25) is 4.79 Å². The van der Waals surface area contributed by atoms with Crippen molar-refractivity contribution < 1.29 is 18.0 Å². The molecule has 68 valence electrons. The summed E-state index contributed by atoms with van der Waals surface area (Å²) in [7, 11) is 0. The Hall–Kier alpha value is -0.980. The van der Waals surface area contributed by atoms with Crippen LogP contribution in [0.3, 0.4) is 0 Å². The summed E-state index contributed by atoms with van der Waals surface area (Å²) in [6.07, 6.45) is -5.61. The first kappa shape index (κ1) is 11.0. The molecule has 0 saturated heterocycles. The summed E-state index contributed by atoms with van der Waals surface area (Å²) in [6, 6.07) is 0. The third kappa shape index (κ3) is 7.13. The predicted octanol–water partition coefficient (Wildman–Crippen LogP) is 2.31. The van der Waals surface area contributed by atoms with Gasteiger partial charge in [0, 0.05) is 12.8 Å². The number of hydrogen-bond acceptors (Lipinski definition) is 1. The zero-order valence-electron chi connectivity index (χ0n) is 6.66. The van der Waals surface area contributed by atoms with Crippen molar-refractivity contribution in [2.45, 2.75) is 32.4 Å². The van der Waals surface area contributed by atoms with Gasteiger partial charge < -0.3 is 0 Å². The molecule has 0 spiro atoms. The molecule has 0 unspecified atom stereocenters. The number of halogens is 3. The van der Waals surface area contributed by atoms with Gasteiger partial charge in [-0.25, -0.2) is 0 Å². The van der Waals surface area contributed by atoms with Gasteiger partial charge in [0.2, 0.25) is 0 Å². The molecule has 1 nitrogen and oxygen atoms in total. The molecule has 0 amide bonds. The van der Waals surface area contributed by atoms with Crippen LogP contribution in [0.15, 0.2) is 0 Å². The van der Waals surface area contributed by atoms with E-state index in [-0.39, 0.29) is 12.8 Å². The van der Waals surface area contributed by atoms with Crippen LogP contribution in [0.5, 0.6) is 0 Å². The van der Waals surface area contributed by atoms with Crippen LogP contribution in [0.25, 0.3) is 0 Å². The number of carbonyl (C=O) groups is 1. The maximum Gasteiger partial charge on any atom is 0.395 e. The van der Waals surface area contributed by atoms with Crippen molar-refractivity contribution in [3.05, 3.63) is 0 Å². The van der Waals surface area contributed by atoms with Gasteiger partial charge >= 0.3 is 6.18 Å². The summed E-state index contributed by atoms with van der Waals surface area (Å²) in [5, 5.41) is 0. The summed E-state index contributed by atoms with van der Waals surface area (Å²) in [4.78, 5) is 10.5. The van der Waals surface area contributed by atoms with E-state index in [1.165, 1.54) is 0 Å². The lowest BCUT2D eigenvalue weighted by atomic mass is 10.1. The molecule has 12 heavy (non-hydrogen) atoms. The lowest BCUT2D eigenvalue weighted by Crippen LogP contribution is -2.14. The number of alkyl halides is 3. The van der Waals surface area contributed by atoms with Gasteiger partial charge in [-0.1, -0.05) is 0 Å². The molecule has 0 saturated carbocycles. The lowest BCUT2D eigenvalue weighted by Gasteiger charge is -2.02. The Morgan fingerprint density at radius 1 is 1.42 bits per heavy atom. The van der Waals surface area contributed by atoms with Gasteiger partial charge in [-0.15, -0.1) is 11.8 Å². The average molecular weight is 178 g/mol. The van der Waals surface area contributed by atoms with Gasteiger partial charge in [0.25, 0.3) is 0 Å². The highest BCUT2D eigenvalue weighted by atomic mass is 19.4. The van der Waals surface area contributed by atoms with Crippen LogP contribution in [0.2, 0.25) is 0 Å². The largest absolute Gasteiger partial charge is 0.395 e. The third-order valence-electron chi connectivity index (χ3n) is 1.10. The first-order valence-corrected chi connectivity index (χ1v) is 3.44. The fourth-order valence-corrected chi connectivity index (χ4v) is 0.639. The second kappa shape index (κ2) is 4.81. The number of hydrogen-bond donors (Lipinski definition) is 0. The first-order chi connectivity index (χ1) is 5.45. The van der Waals surface area contributed by atoms with Crippen molar-refractivity contribution in [2.75, 3.05) is 0 Å². The molecule has 0 heterocycles. The minimum absolute atomic E-state index is 0.111. The molecule has 0 fully saturated rings. The Morgan fingerprint density at radius 2 is 2.00 bits per heavy atom. The van der Waals surface area contributed by atoms with E-state index in [1.54, 1.807) is 6.92 Å². The van der Waals surface area contributed by atoms with Crippen molar-refractivity contribution in [2.24, 2.45) is 0 Å². The topological polar surface area (TPSA) is 17.1 Å². The Balaban J connectivity index is 3.66. The average Bonchev–Trinajstić information content (AvgIpc) is 1.84. The highest BCUT2D eigenvalue weighted by molar-refractivity contribution is 5.79. The van der Waals surface area contributed by atoms with Crippen molar-refractivity contribution in [1.29, 1.82) is 0 Å². The van der Waals surface area contributed by atoms with Crippen LogP contribution in [0, 0.1) is 11.8 Å². The van der Waals surface area contributed by atoms with Gasteiger partial charge in [-0.05, 0) is 6.92 Å². The highest BCUT2D eigenvalue weighted by Crippen LogP contribution is 2.20. The first-order valence-electron chi connectivity index (χ1n) is 3.44. The normalized spacial score (nSPS) is 10.3. The van der Waals surface area contributed by atoms with E-state index in [1.807, 2.05) is 0 Å². The SMILES string of the molecule is CC#CCCC(=O)CC(F)(F)F. The van der Waals surface area contributed by atoms with Crippen LogP contribution >= 0.6 is 0 Å². The molecule has 0 radical (unpaired) electrons. The van der Waals surface area contributed by atoms with Gasteiger partial charge in [0.1, 0.15) is 12.2 Å². The maximum atomic E-state index is 11.6. The molecule has 0 aromatic carbocycles. The molecule has 0 atom stereocenters. The Morgan fingerprint density at radius 3 is 2.42 bits per heavy atom. The molecule has 0 N–H and O–H groups in total. The summed E-state index contributed by atoms with van der Waals surface area (Å²) in [5.41, 5.74) is 0. The van der Waals surface area contributed by atoms with E-state index in [4.69, 9.17) is 0 Å². The highest BCUT2D eigenvalue weighted by Gasteiger charge is 2.30. The molecule has 4 heteroatoms. The fraction of sp³-hybridized carbons (Fsp3) is 0.625. The zero-order chi connectivity index (χ0) is 9.61. The second-order valence-corrected chi connectivity index (χ2v) is 2.26. The van der Waals surface area contributed by atoms with E-state index in [0.717, 1.165) is 0 Å². The van der Waals surface area contributed by atoms with Crippen LogP contribution in [-0.4, -0.2) is 12.0 Å². The van der Waals surface area contributed by atoms with Crippen LogP contribution in [-0.2, 0) is 4.79 Å². The molecular weight excluding hydrogens is 169 g/mol. The molecule has 0 aliphatic heterocycles. The van der Waals surface area contributed by atoms with Crippen LogP contribution in [0.4, 0.5) is 13.2 Å². The minimum atomic E-state index is -4.38. The van der Waals surface area contributed by atoms with Gasteiger partial charge in [0.15, 0.2) is 0 Å². The third-order valence-corrected chi connectivity index (χ3v) is 1.10. The zero-order valence-corrected chi connectivity index (χ0v) is 6.66. The molecule has 0 aromatic rings. The summed E-state index contributed by atoms with van der Waals surface area (Å²) >= 11 is 0. The predicted molar refractivity (Wildman–Crippen MR) is 38.4 cm³/mol. The molecule has 0 aliphatic carbocycles. The maximum absolute atomic E-state index is 11.6. The van der Waals surface area contributed by atoms with Crippen molar-refractivity contribution in [3.8, 4) is 11.8 Å². The van der Waals surface area contributed by atoms with Crippen LogP contribution in [0.1, 0.15) is 26.2 Å². The molecule has 0 rings (SSSR count). The quantitative estimate of drug-likeness (QED) is 0.606. The summed E-state index contributed by atoms with van der Waals surface area (Å²) in [5.74, 6) is 4.23. The number of Topliss-reactive ketones (excluding diaryl/α,β-unsaturated/α-hetero) is 1. The Bertz CT molecular complexity index is 207. The van der Waals surface area contributed by atoms with E-state index < -0.39 is 18.4 Å². The lowest BCUT2D eigenvalue weighted by molar-refractivity contribution is -0.152. The van der Waals surface area contributed by atoms with E-state index in [9.17, 15) is 18.0 Å². The summed E-state index contributed by atoms with van der Waals surface area (Å²) in [6.45, 7) is 1.58. The molecule has 0 bridgehead atoms. The molecular formula is C8H9F3O. The number of ketones is 1. The second-order valence-electron chi connectivity index (χ2n) is 2.26. The Labute approximate surface area is 69.0 Å². The van der Waals surface area contributed by atoms with Crippen LogP contribution < -0.4 is 0 Å². The van der Waals surface area contributed by atoms with Crippen molar-refractivity contribution >= 4 is 5.78 Å². The van der Waals surface area contributed by atoms with E-state index in [2.05, 4.69) is 11.8 Å². The standard InChI is InChI=1S/C8H9F3O/c1-2-3-4-5-7(12)6-8(9,10)11/h4-6H2,1H3. The van der Waals surface area contributed by atoms with Gasteiger partial charge in [0.05, 0.1) is 0 Å². The van der Waals surface area contributed by atoms with Gasteiger partial charge in [-0.2, -0.15) is 13.2 Å². The number of rotatable bonds is 3. The molecule has 0 aromatic heterocycles. The minimum Gasteiger partial charge on any atom is -0.299 e. The Kier molecular flexibility index (Phi) is 4.42. The summed E-state index contributed by atoms with van der Waals surface area (Å²) < 4.78 is 34.7. The van der Waals surface area contributed by atoms with Crippen molar-refractivity contribution in [1.82, 2.24) is 0 Å². The smallest absolute Gasteiger partial charge is 0.299 e. The van der Waals surface area contributed by atoms with E-state index >= 15 is 0 Å². The fourth-order valence-electron chi connectivity index (χ4n) is 0.639.